The Labute approximate surface area is 130 Å². The number of ether oxygens (including phenoxy) is 1. The van der Waals surface area contributed by atoms with Crippen LogP contribution in [-0.2, 0) is 0 Å². The standard InChI is InChI=1S/C17H23N3O2/c21-15(13-22-16-6-2-1-3-7-16)12-20-10-4-5-14(11-20)17-18-8-9-19-17/h1-3,6-9,14-15,21H,4-5,10-13H2,(H,18,19). The van der Waals surface area contributed by atoms with Crippen molar-refractivity contribution in [1.29, 1.82) is 0 Å². The molecule has 2 atom stereocenters. The Hall–Kier alpha value is -1.85. The number of aromatic amines is 1. The summed E-state index contributed by atoms with van der Waals surface area (Å²) in [6.07, 6.45) is 5.49. The van der Waals surface area contributed by atoms with Gasteiger partial charge in [0.2, 0.25) is 0 Å². The van der Waals surface area contributed by atoms with Gasteiger partial charge >= 0.3 is 0 Å². The Morgan fingerprint density at radius 1 is 1.36 bits per heavy atom. The van der Waals surface area contributed by atoms with Crippen molar-refractivity contribution in [3.63, 3.8) is 0 Å². The van der Waals surface area contributed by atoms with Crippen LogP contribution in [0.15, 0.2) is 42.7 Å². The van der Waals surface area contributed by atoms with Crippen molar-refractivity contribution in [2.75, 3.05) is 26.2 Å². The lowest BCUT2D eigenvalue weighted by molar-refractivity contribution is 0.0578. The van der Waals surface area contributed by atoms with Gasteiger partial charge in [0.15, 0.2) is 0 Å². The van der Waals surface area contributed by atoms with Crippen LogP contribution in [0.25, 0.3) is 0 Å². The second-order valence-electron chi connectivity index (χ2n) is 5.85. The van der Waals surface area contributed by atoms with E-state index in [1.807, 2.05) is 36.5 Å². The Balaban J connectivity index is 1.45. The lowest BCUT2D eigenvalue weighted by Gasteiger charge is -2.33. The van der Waals surface area contributed by atoms with Gasteiger partial charge in [-0.05, 0) is 31.5 Å². The van der Waals surface area contributed by atoms with Gasteiger partial charge in [-0.3, -0.25) is 4.90 Å². The molecule has 0 radical (unpaired) electrons. The highest BCUT2D eigenvalue weighted by Gasteiger charge is 2.24. The second-order valence-corrected chi connectivity index (χ2v) is 5.85. The van der Waals surface area contributed by atoms with Crippen molar-refractivity contribution in [3.8, 4) is 5.75 Å². The molecule has 0 spiro atoms. The second kappa shape index (κ2) is 7.42. The first-order valence-corrected chi connectivity index (χ1v) is 7.89. The van der Waals surface area contributed by atoms with E-state index in [0.29, 0.717) is 19.1 Å². The topological polar surface area (TPSA) is 61.4 Å². The van der Waals surface area contributed by atoms with E-state index >= 15 is 0 Å². The molecule has 3 rings (SSSR count). The molecule has 2 unspecified atom stereocenters. The normalized spacial score (nSPS) is 20.7. The summed E-state index contributed by atoms with van der Waals surface area (Å²) in [6.45, 7) is 2.94. The minimum absolute atomic E-state index is 0.325. The number of H-pyrrole nitrogens is 1. The smallest absolute Gasteiger partial charge is 0.119 e. The number of β-amino-alcohol motifs (C(OH)–C–C–N with tert-alkyl or cyclic N) is 1. The lowest BCUT2D eigenvalue weighted by atomic mass is 9.97. The number of hydrogen-bond acceptors (Lipinski definition) is 4. The summed E-state index contributed by atoms with van der Waals surface area (Å²) < 4.78 is 5.61. The Bertz CT molecular complexity index is 544. The summed E-state index contributed by atoms with van der Waals surface area (Å²) >= 11 is 0. The Morgan fingerprint density at radius 3 is 3.00 bits per heavy atom. The first-order chi connectivity index (χ1) is 10.8. The van der Waals surface area contributed by atoms with Crippen LogP contribution in [0.4, 0.5) is 0 Å². The lowest BCUT2D eigenvalue weighted by Crippen LogP contribution is -2.41. The first-order valence-electron chi connectivity index (χ1n) is 7.89. The quantitative estimate of drug-likeness (QED) is 0.857. The van der Waals surface area contributed by atoms with Crippen LogP contribution < -0.4 is 4.74 Å². The molecule has 1 aliphatic rings. The largest absolute Gasteiger partial charge is 0.491 e. The number of para-hydroxylation sites is 1. The van der Waals surface area contributed by atoms with Gasteiger partial charge in [-0.1, -0.05) is 18.2 Å². The highest BCUT2D eigenvalue weighted by atomic mass is 16.5. The van der Waals surface area contributed by atoms with E-state index in [4.69, 9.17) is 4.74 Å². The molecule has 2 aromatic rings. The maximum atomic E-state index is 10.2. The summed E-state index contributed by atoms with van der Waals surface area (Å²) in [5, 5.41) is 10.2. The molecule has 2 N–H and O–H groups in total. The van der Waals surface area contributed by atoms with Crippen LogP contribution in [-0.4, -0.2) is 52.3 Å². The van der Waals surface area contributed by atoms with Gasteiger partial charge in [-0.25, -0.2) is 4.98 Å². The van der Waals surface area contributed by atoms with Gasteiger partial charge in [0.1, 0.15) is 24.3 Å². The number of aliphatic hydroxyl groups excluding tert-OH is 1. The molecule has 1 aromatic heterocycles. The molecule has 1 aliphatic heterocycles. The number of benzene rings is 1. The van der Waals surface area contributed by atoms with E-state index in [2.05, 4.69) is 14.9 Å². The summed E-state index contributed by atoms with van der Waals surface area (Å²) in [5.41, 5.74) is 0. The number of imidazole rings is 1. The maximum Gasteiger partial charge on any atom is 0.119 e. The SMILES string of the molecule is OC(COc1ccccc1)CN1CCCC(c2ncc[nH]2)C1. The van der Waals surface area contributed by atoms with Gasteiger partial charge in [0.05, 0.1) is 0 Å². The molecule has 0 bridgehead atoms. The Kier molecular flexibility index (Phi) is 5.08. The van der Waals surface area contributed by atoms with E-state index < -0.39 is 6.10 Å². The molecule has 22 heavy (non-hydrogen) atoms. The third-order valence-corrected chi connectivity index (χ3v) is 4.07. The van der Waals surface area contributed by atoms with Crippen LogP contribution >= 0.6 is 0 Å². The number of aromatic nitrogens is 2. The minimum Gasteiger partial charge on any atom is -0.491 e. The van der Waals surface area contributed by atoms with Crippen molar-refractivity contribution in [1.82, 2.24) is 14.9 Å². The van der Waals surface area contributed by atoms with Gasteiger partial charge in [0.25, 0.3) is 0 Å². The summed E-state index contributed by atoms with van der Waals surface area (Å²) in [5.74, 6) is 2.29. The molecular formula is C17H23N3O2. The highest BCUT2D eigenvalue weighted by Crippen LogP contribution is 2.24. The van der Waals surface area contributed by atoms with Crippen molar-refractivity contribution in [2.24, 2.45) is 0 Å². The zero-order valence-corrected chi connectivity index (χ0v) is 12.7. The van der Waals surface area contributed by atoms with Crippen LogP contribution in [0, 0.1) is 0 Å². The number of aliphatic hydroxyl groups is 1. The molecule has 0 saturated carbocycles. The number of nitrogens with zero attached hydrogens (tertiary/aromatic N) is 2. The third kappa shape index (κ3) is 4.08. The average molecular weight is 301 g/mol. The molecule has 118 valence electrons. The fourth-order valence-corrected chi connectivity index (χ4v) is 3.01. The average Bonchev–Trinajstić information content (AvgIpc) is 3.09. The van der Waals surface area contributed by atoms with Crippen molar-refractivity contribution < 1.29 is 9.84 Å². The number of likely N-dealkylation sites (tertiary alicyclic amines) is 1. The molecule has 1 aromatic carbocycles. The number of nitrogens with one attached hydrogen (secondary N) is 1. The molecule has 5 heteroatoms. The monoisotopic (exact) mass is 301 g/mol. The van der Waals surface area contributed by atoms with Crippen molar-refractivity contribution in [3.05, 3.63) is 48.5 Å². The van der Waals surface area contributed by atoms with Crippen LogP contribution in [0.3, 0.4) is 0 Å². The number of hydrogen-bond donors (Lipinski definition) is 2. The third-order valence-electron chi connectivity index (χ3n) is 4.07. The number of rotatable bonds is 6. The predicted molar refractivity (Wildman–Crippen MR) is 84.9 cm³/mol. The summed E-state index contributed by atoms with van der Waals surface area (Å²) in [4.78, 5) is 9.86. The van der Waals surface area contributed by atoms with E-state index in [-0.39, 0.29) is 0 Å². The van der Waals surface area contributed by atoms with Crippen LogP contribution in [0.2, 0.25) is 0 Å². The first kappa shape index (κ1) is 15.1. The molecule has 1 saturated heterocycles. The van der Waals surface area contributed by atoms with Gasteiger partial charge < -0.3 is 14.8 Å². The van der Waals surface area contributed by atoms with E-state index in [0.717, 1.165) is 37.5 Å². The molecule has 5 nitrogen and oxygen atoms in total. The van der Waals surface area contributed by atoms with E-state index in [9.17, 15) is 5.11 Å². The van der Waals surface area contributed by atoms with E-state index in [1.165, 1.54) is 0 Å². The van der Waals surface area contributed by atoms with E-state index in [1.54, 1.807) is 6.20 Å². The molecular weight excluding hydrogens is 278 g/mol. The molecule has 0 aliphatic carbocycles. The van der Waals surface area contributed by atoms with Crippen LogP contribution in [0.5, 0.6) is 5.75 Å². The van der Waals surface area contributed by atoms with Crippen LogP contribution in [0.1, 0.15) is 24.6 Å². The summed E-state index contributed by atoms with van der Waals surface area (Å²) in [6, 6.07) is 9.62. The molecule has 2 heterocycles. The predicted octanol–water partition coefficient (Wildman–Crippen LogP) is 2.03. The number of piperidine rings is 1. The summed E-state index contributed by atoms with van der Waals surface area (Å²) in [7, 11) is 0. The fourth-order valence-electron chi connectivity index (χ4n) is 3.01. The van der Waals surface area contributed by atoms with Gasteiger partial charge in [-0.15, -0.1) is 0 Å². The van der Waals surface area contributed by atoms with Crippen molar-refractivity contribution in [2.45, 2.75) is 24.9 Å². The minimum atomic E-state index is -0.476. The van der Waals surface area contributed by atoms with Gasteiger partial charge in [-0.2, -0.15) is 0 Å². The fraction of sp³-hybridized carbons (Fsp3) is 0.471. The van der Waals surface area contributed by atoms with Gasteiger partial charge in [0, 0.05) is 31.4 Å². The zero-order valence-electron chi connectivity index (χ0n) is 12.7. The zero-order chi connectivity index (χ0) is 15.2. The Morgan fingerprint density at radius 2 is 2.23 bits per heavy atom. The highest BCUT2D eigenvalue weighted by molar-refractivity contribution is 5.20. The molecule has 1 fully saturated rings. The van der Waals surface area contributed by atoms with Crippen molar-refractivity contribution >= 4 is 0 Å². The maximum absolute atomic E-state index is 10.2. The molecule has 0 amide bonds.